The Bertz CT molecular complexity index is 655. The van der Waals surface area contributed by atoms with Crippen LogP contribution in [0, 0.1) is 5.92 Å². The number of anilines is 1. The molecule has 1 aromatic heterocycles. The lowest BCUT2D eigenvalue weighted by molar-refractivity contribution is 0.328. The molecule has 1 fully saturated rings. The number of halogens is 1. The predicted octanol–water partition coefficient (Wildman–Crippen LogP) is 4.00. The first-order valence-electron chi connectivity index (χ1n) is 7.31. The molecule has 1 heterocycles. The highest BCUT2D eigenvalue weighted by molar-refractivity contribution is 9.10. The second-order valence-corrected chi connectivity index (χ2v) is 6.64. The average molecular weight is 338 g/mol. The van der Waals surface area contributed by atoms with E-state index in [1.165, 1.54) is 32.1 Å². The van der Waals surface area contributed by atoms with Gasteiger partial charge in [-0.3, -0.25) is 0 Å². The standard InChI is InChI=1S/C15H20BrN3O/c1-9(10-5-3-2-4-6-10)17-12-8-14-13(7-11(12)16)18-15(20)19-14/h7-10,17H,2-6H2,1H3,(H2,18,19,20). The van der Waals surface area contributed by atoms with Crippen LogP contribution in [0.3, 0.4) is 0 Å². The van der Waals surface area contributed by atoms with Gasteiger partial charge in [0, 0.05) is 10.5 Å². The van der Waals surface area contributed by atoms with Crippen molar-refractivity contribution in [3.8, 4) is 0 Å². The van der Waals surface area contributed by atoms with E-state index in [-0.39, 0.29) is 5.69 Å². The van der Waals surface area contributed by atoms with E-state index in [1.54, 1.807) is 0 Å². The van der Waals surface area contributed by atoms with Crippen molar-refractivity contribution in [1.82, 2.24) is 9.97 Å². The van der Waals surface area contributed by atoms with Gasteiger partial charge in [-0.15, -0.1) is 0 Å². The second-order valence-electron chi connectivity index (χ2n) is 5.79. The zero-order valence-corrected chi connectivity index (χ0v) is 13.2. The van der Waals surface area contributed by atoms with Gasteiger partial charge in [0.2, 0.25) is 0 Å². The molecule has 1 unspecified atom stereocenters. The fourth-order valence-electron chi connectivity index (χ4n) is 3.16. The molecule has 1 aliphatic rings. The van der Waals surface area contributed by atoms with Crippen molar-refractivity contribution in [2.45, 2.75) is 45.1 Å². The van der Waals surface area contributed by atoms with Crippen molar-refractivity contribution in [2.75, 3.05) is 5.32 Å². The zero-order valence-electron chi connectivity index (χ0n) is 11.6. The Kier molecular flexibility index (Phi) is 3.87. The fourth-order valence-corrected chi connectivity index (χ4v) is 3.62. The zero-order chi connectivity index (χ0) is 14.1. The number of hydrogen-bond donors (Lipinski definition) is 3. The van der Waals surface area contributed by atoms with Gasteiger partial charge in [0.1, 0.15) is 0 Å². The molecule has 1 saturated carbocycles. The summed E-state index contributed by atoms with van der Waals surface area (Å²) in [6.45, 7) is 2.26. The number of rotatable bonds is 3. The molecule has 3 rings (SSSR count). The van der Waals surface area contributed by atoms with Gasteiger partial charge < -0.3 is 15.3 Å². The summed E-state index contributed by atoms with van der Waals surface area (Å²) < 4.78 is 0.989. The Morgan fingerprint density at radius 3 is 2.55 bits per heavy atom. The van der Waals surface area contributed by atoms with Crippen molar-refractivity contribution in [2.24, 2.45) is 5.92 Å². The summed E-state index contributed by atoms with van der Waals surface area (Å²) in [6, 6.07) is 4.40. The normalized spacial score (nSPS) is 18.3. The van der Waals surface area contributed by atoms with Gasteiger partial charge in [0.15, 0.2) is 0 Å². The maximum atomic E-state index is 11.3. The third-order valence-corrected chi connectivity index (χ3v) is 5.00. The number of fused-ring (bicyclic) bond motifs is 1. The quantitative estimate of drug-likeness (QED) is 0.792. The van der Waals surface area contributed by atoms with Crippen molar-refractivity contribution < 1.29 is 0 Å². The molecule has 2 aromatic rings. The topological polar surface area (TPSA) is 60.7 Å². The lowest BCUT2D eigenvalue weighted by Crippen LogP contribution is -2.27. The number of benzene rings is 1. The lowest BCUT2D eigenvalue weighted by atomic mass is 9.84. The molecule has 0 bridgehead atoms. The van der Waals surface area contributed by atoms with Gasteiger partial charge in [0.05, 0.1) is 16.7 Å². The smallest absolute Gasteiger partial charge is 0.323 e. The summed E-state index contributed by atoms with van der Waals surface area (Å²) in [6.07, 6.45) is 6.71. The summed E-state index contributed by atoms with van der Waals surface area (Å²) in [5, 5.41) is 3.60. The molecule has 4 nitrogen and oxygen atoms in total. The first kappa shape index (κ1) is 13.7. The van der Waals surface area contributed by atoms with Crippen LogP contribution in [0.4, 0.5) is 5.69 Å². The molecule has 20 heavy (non-hydrogen) atoms. The van der Waals surface area contributed by atoms with Crippen molar-refractivity contribution >= 4 is 32.7 Å². The monoisotopic (exact) mass is 337 g/mol. The number of hydrogen-bond acceptors (Lipinski definition) is 2. The van der Waals surface area contributed by atoms with Crippen LogP contribution in [0.15, 0.2) is 21.4 Å². The summed E-state index contributed by atoms with van der Waals surface area (Å²) in [5.74, 6) is 0.747. The number of aromatic amines is 2. The third-order valence-electron chi connectivity index (χ3n) is 4.34. The number of imidazole rings is 1. The minimum absolute atomic E-state index is 0.163. The van der Waals surface area contributed by atoms with Crippen LogP contribution in [0.2, 0.25) is 0 Å². The first-order valence-corrected chi connectivity index (χ1v) is 8.11. The molecular weight excluding hydrogens is 318 g/mol. The summed E-state index contributed by atoms with van der Waals surface area (Å²) in [4.78, 5) is 16.9. The van der Waals surface area contributed by atoms with Gasteiger partial charge >= 0.3 is 5.69 Å². The average Bonchev–Trinajstić information content (AvgIpc) is 2.79. The van der Waals surface area contributed by atoms with E-state index in [4.69, 9.17) is 0 Å². The van der Waals surface area contributed by atoms with Crippen LogP contribution in [-0.4, -0.2) is 16.0 Å². The van der Waals surface area contributed by atoms with Crippen LogP contribution in [0.1, 0.15) is 39.0 Å². The Morgan fingerprint density at radius 2 is 1.85 bits per heavy atom. The molecule has 108 valence electrons. The minimum atomic E-state index is -0.163. The van der Waals surface area contributed by atoms with E-state index in [2.05, 4.69) is 38.1 Å². The predicted molar refractivity (Wildman–Crippen MR) is 86.3 cm³/mol. The van der Waals surface area contributed by atoms with Crippen molar-refractivity contribution in [3.63, 3.8) is 0 Å². The molecule has 0 amide bonds. The van der Waals surface area contributed by atoms with Crippen LogP contribution < -0.4 is 11.0 Å². The Morgan fingerprint density at radius 1 is 1.20 bits per heavy atom. The highest BCUT2D eigenvalue weighted by atomic mass is 79.9. The van der Waals surface area contributed by atoms with Gasteiger partial charge in [-0.25, -0.2) is 4.79 Å². The minimum Gasteiger partial charge on any atom is -0.381 e. The SMILES string of the molecule is CC(Nc1cc2[nH]c(=O)[nH]c2cc1Br)C1CCCCC1. The van der Waals surface area contributed by atoms with Gasteiger partial charge in [0.25, 0.3) is 0 Å². The van der Waals surface area contributed by atoms with Crippen LogP contribution in [0.25, 0.3) is 11.0 Å². The molecule has 1 aliphatic carbocycles. The van der Waals surface area contributed by atoms with Crippen LogP contribution in [0.5, 0.6) is 0 Å². The summed E-state index contributed by atoms with van der Waals surface area (Å²) >= 11 is 3.58. The van der Waals surface area contributed by atoms with Crippen molar-refractivity contribution in [1.29, 1.82) is 0 Å². The van der Waals surface area contributed by atoms with E-state index >= 15 is 0 Å². The number of H-pyrrole nitrogens is 2. The maximum absolute atomic E-state index is 11.3. The summed E-state index contributed by atoms with van der Waals surface area (Å²) in [7, 11) is 0. The van der Waals surface area contributed by atoms with Gasteiger partial charge in [-0.05, 0) is 53.7 Å². The molecule has 0 saturated heterocycles. The highest BCUT2D eigenvalue weighted by Gasteiger charge is 2.20. The number of aromatic nitrogens is 2. The first-order chi connectivity index (χ1) is 9.63. The lowest BCUT2D eigenvalue weighted by Gasteiger charge is -2.29. The Labute approximate surface area is 126 Å². The molecule has 0 radical (unpaired) electrons. The van der Waals surface area contributed by atoms with E-state index in [1.807, 2.05) is 12.1 Å². The molecule has 1 atom stereocenters. The number of nitrogens with one attached hydrogen (secondary N) is 3. The second kappa shape index (κ2) is 5.64. The molecule has 1 aromatic carbocycles. The Hall–Kier alpha value is -1.23. The maximum Gasteiger partial charge on any atom is 0.323 e. The molecule has 0 spiro atoms. The van der Waals surface area contributed by atoms with E-state index in [0.717, 1.165) is 27.1 Å². The molecular formula is C15H20BrN3O. The van der Waals surface area contributed by atoms with E-state index < -0.39 is 0 Å². The molecule has 0 aliphatic heterocycles. The summed E-state index contributed by atoms with van der Waals surface area (Å²) in [5.41, 5.74) is 2.56. The van der Waals surface area contributed by atoms with Gasteiger partial charge in [-0.1, -0.05) is 19.3 Å². The van der Waals surface area contributed by atoms with Gasteiger partial charge in [-0.2, -0.15) is 0 Å². The van der Waals surface area contributed by atoms with Crippen molar-refractivity contribution in [3.05, 3.63) is 27.1 Å². The largest absolute Gasteiger partial charge is 0.381 e. The van der Waals surface area contributed by atoms with Crippen LogP contribution >= 0.6 is 15.9 Å². The Balaban J connectivity index is 1.82. The molecule has 5 heteroatoms. The fraction of sp³-hybridized carbons (Fsp3) is 0.533. The highest BCUT2D eigenvalue weighted by Crippen LogP contribution is 2.31. The molecule has 3 N–H and O–H groups in total. The van der Waals surface area contributed by atoms with E-state index in [0.29, 0.717) is 6.04 Å². The van der Waals surface area contributed by atoms with Crippen LogP contribution in [-0.2, 0) is 0 Å². The third kappa shape index (κ3) is 2.77. The van der Waals surface area contributed by atoms with E-state index in [9.17, 15) is 4.79 Å².